The van der Waals surface area contributed by atoms with Crippen molar-refractivity contribution in [1.29, 1.82) is 0 Å². The van der Waals surface area contributed by atoms with E-state index in [9.17, 15) is 4.39 Å². The summed E-state index contributed by atoms with van der Waals surface area (Å²) >= 11 is 0. The van der Waals surface area contributed by atoms with Gasteiger partial charge in [-0.15, -0.1) is 0 Å². The zero-order valence-corrected chi connectivity index (χ0v) is 10.6. The molecule has 0 saturated heterocycles. The monoisotopic (exact) mass is 257 g/mol. The van der Waals surface area contributed by atoms with Crippen molar-refractivity contribution in [3.63, 3.8) is 0 Å². The zero-order valence-electron chi connectivity index (χ0n) is 10.6. The molecule has 2 N–H and O–H groups in total. The van der Waals surface area contributed by atoms with E-state index in [0.29, 0.717) is 5.56 Å². The third-order valence-electron chi connectivity index (χ3n) is 3.62. The first-order chi connectivity index (χ1) is 9.25. The molecular formula is C16H16FNO. The van der Waals surface area contributed by atoms with Crippen molar-refractivity contribution in [1.82, 2.24) is 0 Å². The molecule has 1 unspecified atom stereocenters. The van der Waals surface area contributed by atoms with Crippen molar-refractivity contribution >= 4 is 0 Å². The molecule has 98 valence electrons. The number of ether oxygens (including phenoxy) is 1. The van der Waals surface area contributed by atoms with Crippen LogP contribution in [0.5, 0.6) is 5.75 Å². The molecule has 1 aliphatic rings. The minimum absolute atomic E-state index is 0.104. The van der Waals surface area contributed by atoms with E-state index in [1.54, 1.807) is 12.1 Å². The SMILES string of the molecule is NC1CCc2c(OCc3ccccc3F)cccc21. The van der Waals surface area contributed by atoms with Gasteiger partial charge >= 0.3 is 0 Å². The summed E-state index contributed by atoms with van der Waals surface area (Å²) in [6.45, 7) is 0.248. The highest BCUT2D eigenvalue weighted by Gasteiger charge is 2.22. The van der Waals surface area contributed by atoms with Gasteiger partial charge < -0.3 is 10.5 Å². The number of halogens is 1. The second-order valence-corrected chi connectivity index (χ2v) is 4.85. The summed E-state index contributed by atoms with van der Waals surface area (Å²) in [5.41, 5.74) is 8.93. The van der Waals surface area contributed by atoms with E-state index in [1.165, 1.54) is 11.6 Å². The highest BCUT2D eigenvalue weighted by molar-refractivity contribution is 5.45. The fourth-order valence-electron chi connectivity index (χ4n) is 2.56. The van der Waals surface area contributed by atoms with E-state index in [0.717, 1.165) is 24.2 Å². The maximum Gasteiger partial charge on any atom is 0.129 e. The number of nitrogens with two attached hydrogens (primary N) is 1. The van der Waals surface area contributed by atoms with Crippen LogP contribution >= 0.6 is 0 Å². The second kappa shape index (κ2) is 5.02. The Morgan fingerprint density at radius 2 is 2.00 bits per heavy atom. The molecule has 0 fully saturated rings. The second-order valence-electron chi connectivity index (χ2n) is 4.85. The molecular weight excluding hydrogens is 241 g/mol. The lowest BCUT2D eigenvalue weighted by molar-refractivity contribution is 0.297. The van der Waals surface area contributed by atoms with Gasteiger partial charge in [-0.2, -0.15) is 0 Å². The van der Waals surface area contributed by atoms with Crippen molar-refractivity contribution in [2.75, 3.05) is 0 Å². The van der Waals surface area contributed by atoms with Crippen LogP contribution in [-0.4, -0.2) is 0 Å². The Morgan fingerprint density at radius 1 is 1.16 bits per heavy atom. The van der Waals surface area contributed by atoms with Crippen LogP contribution in [0, 0.1) is 5.82 Å². The Kier molecular flexibility index (Phi) is 3.22. The molecule has 2 aromatic carbocycles. The fourth-order valence-corrected chi connectivity index (χ4v) is 2.56. The fraction of sp³-hybridized carbons (Fsp3) is 0.250. The van der Waals surface area contributed by atoms with Crippen LogP contribution in [0.25, 0.3) is 0 Å². The van der Waals surface area contributed by atoms with Crippen molar-refractivity contribution in [3.8, 4) is 5.75 Å². The third kappa shape index (κ3) is 2.34. The molecule has 2 aromatic rings. The first kappa shape index (κ1) is 12.2. The quantitative estimate of drug-likeness (QED) is 0.915. The maximum absolute atomic E-state index is 13.5. The lowest BCUT2D eigenvalue weighted by Gasteiger charge is -2.12. The van der Waals surface area contributed by atoms with Gasteiger partial charge in [-0.3, -0.25) is 0 Å². The highest BCUT2D eigenvalue weighted by atomic mass is 19.1. The first-order valence-corrected chi connectivity index (χ1v) is 6.49. The number of hydrogen-bond acceptors (Lipinski definition) is 2. The molecule has 0 aliphatic heterocycles. The van der Waals surface area contributed by atoms with Crippen LogP contribution in [-0.2, 0) is 13.0 Å². The van der Waals surface area contributed by atoms with Crippen molar-refractivity contribution < 1.29 is 9.13 Å². The average Bonchev–Trinajstić information content (AvgIpc) is 2.81. The Labute approximate surface area is 112 Å². The summed E-state index contributed by atoms with van der Waals surface area (Å²) in [7, 11) is 0. The summed E-state index contributed by atoms with van der Waals surface area (Å²) < 4.78 is 19.3. The molecule has 0 bridgehead atoms. The minimum Gasteiger partial charge on any atom is -0.489 e. The molecule has 0 spiro atoms. The highest BCUT2D eigenvalue weighted by Crippen LogP contribution is 2.35. The smallest absolute Gasteiger partial charge is 0.129 e. The van der Waals surface area contributed by atoms with Gasteiger partial charge in [0.1, 0.15) is 18.2 Å². The van der Waals surface area contributed by atoms with E-state index < -0.39 is 0 Å². The molecule has 2 nitrogen and oxygen atoms in total. The van der Waals surface area contributed by atoms with Gasteiger partial charge in [-0.25, -0.2) is 4.39 Å². The number of fused-ring (bicyclic) bond motifs is 1. The molecule has 19 heavy (non-hydrogen) atoms. The predicted molar refractivity (Wildman–Crippen MR) is 72.4 cm³/mol. The van der Waals surface area contributed by atoms with Crippen LogP contribution in [0.4, 0.5) is 4.39 Å². The van der Waals surface area contributed by atoms with E-state index in [4.69, 9.17) is 10.5 Å². The first-order valence-electron chi connectivity index (χ1n) is 6.49. The van der Waals surface area contributed by atoms with Crippen molar-refractivity contribution in [2.24, 2.45) is 5.73 Å². The van der Waals surface area contributed by atoms with E-state index in [2.05, 4.69) is 0 Å². The van der Waals surface area contributed by atoms with Crippen molar-refractivity contribution in [2.45, 2.75) is 25.5 Å². The Bertz CT molecular complexity index is 597. The molecule has 3 heteroatoms. The largest absolute Gasteiger partial charge is 0.489 e. The minimum atomic E-state index is -0.230. The van der Waals surface area contributed by atoms with Crippen molar-refractivity contribution in [3.05, 3.63) is 65.0 Å². The van der Waals surface area contributed by atoms with Gasteiger partial charge in [0.15, 0.2) is 0 Å². The van der Waals surface area contributed by atoms with Crippen LogP contribution in [0.2, 0.25) is 0 Å². The summed E-state index contributed by atoms with van der Waals surface area (Å²) in [5, 5.41) is 0. The topological polar surface area (TPSA) is 35.2 Å². The normalized spacial score (nSPS) is 17.3. The summed E-state index contributed by atoms with van der Waals surface area (Å²) in [5.74, 6) is 0.598. The molecule has 0 heterocycles. The third-order valence-corrected chi connectivity index (χ3v) is 3.62. The van der Waals surface area contributed by atoms with E-state index in [-0.39, 0.29) is 18.5 Å². The molecule has 3 rings (SSSR count). The van der Waals surface area contributed by atoms with Crippen LogP contribution in [0.3, 0.4) is 0 Å². The van der Waals surface area contributed by atoms with Crippen LogP contribution in [0.15, 0.2) is 42.5 Å². The summed E-state index contributed by atoms with van der Waals surface area (Å²) in [4.78, 5) is 0. The predicted octanol–water partition coefficient (Wildman–Crippen LogP) is 3.35. The summed E-state index contributed by atoms with van der Waals surface area (Å²) in [6.07, 6.45) is 1.89. The van der Waals surface area contributed by atoms with Gasteiger partial charge in [-0.1, -0.05) is 30.3 Å². The van der Waals surface area contributed by atoms with Crippen LogP contribution < -0.4 is 10.5 Å². The maximum atomic E-state index is 13.5. The number of rotatable bonds is 3. The Morgan fingerprint density at radius 3 is 2.84 bits per heavy atom. The van der Waals surface area contributed by atoms with Gasteiger partial charge in [-0.05, 0) is 36.1 Å². The zero-order chi connectivity index (χ0) is 13.2. The average molecular weight is 257 g/mol. The molecule has 0 amide bonds. The molecule has 1 atom stereocenters. The Balaban J connectivity index is 1.80. The Hall–Kier alpha value is -1.87. The van der Waals surface area contributed by atoms with Crippen LogP contribution in [0.1, 0.15) is 29.2 Å². The molecule has 0 aromatic heterocycles. The number of benzene rings is 2. The summed E-state index contributed by atoms with van der Waals surface area (Å²) in [6, 6.07) is 12.7. The van der Waals surface area contributed by atoms with Gasteiger partial charge in [0.05, 0.1) is 0 Å². The number of hydrogen-bond donors (Lipinski definition) is 1. The lowest BCUT2D eigenvalue weighted by atomic mass is 10.1. The molecule has 1 aliphatic carbocycles. The molecule has 0 radical (unpaired) electrons. The van der Waals surface area contributed by atoms with Gasteiger partial charge in [0.25, 0.3) is 0 Å². The van der Waals surface area contributed by atoms with E-state index >= 15 is 0 Å². The molecule has 0 saturated carbocycles. The van der Waals surface area contributed by atoms with Gasteiger partial charge in [0.2, 0.25) is 0 Å². The van der Waals surface area contributed by atoms with E-state index in [1.807, 2.05) is 24.3 Å². The van der Waals surface area contributed by atoms with Gasteiger partial charge in [0, 0.05) is 11.6 Å². The standard InChI is InChI=1S/C16H16FNO/c17-14-6-2-1-4-11(14)10-19-16-7-3-5-12-13(16)8-9-15(12)18/h1-7,15H,8-10,18H2. The lowest BCUT2D eigenvalue weighted by Crippen LogP contribution is -2.05.